The highest BCUT2D eigenvalue weighted by atomic mass is 127. The highest BCUT2D eigenvalue weighted by molar-refractivity contribution is 14.1. The molecule has 0 aliphatic rings. The monoisotopic (exact) mass is 366 g/mol. The Hall–Kier alpha value is -0.210. The Morgan fingerprint density at radius 1 is 1.38 bits per heavy atom. The van der Waals surface area contributed by atoms with Crippen molar-refractivity contribution in [3.63, 3.8) is 0 Å². The van der Waals surface area contributed by atoms with E-state index in [1.165, 1.54) is 13.2 Å². The van der Waals surface area contributed by atoms with Crippen molar-refractivity contribution in [1.82, 2.24) is 0 Å². The number of halogens is 5. The maximum absolute atomic E-state index is 12.6. The van der Waals surface area contributed by atoms with Crippen molar-refractivity contribution >= 4 is 34.2 Å². The van der Waals surface area contributed by atoms with Gasteiger partial charge in [0.15, 0.2) is 6.79 Å². The molecule has 1 aromatic carbocycles. The summed E-state index contributed by atoms with van der Waals surface area (Å²) in [5, 5.41) is -0.0288. The van der Waals surface area contributed by atoms with E-state index in [2.05, 4.69) is 4.74 Å². The van der Waals surface area contributed by atoms with Crippen LogP contribution in [-0.2, 0) is 10.9 Å². The molecule has 0 aromatic heterocycles. The van der Waals surface area contributed by atoms with Crippen LogP contribution in [0, 0.1) is 3.57 Å². The Morgan fingerprint density at radius 3 is 2.50 bits per heavy atom. The van der Waals surface area contributed by atoms with Crippen LogP contribution in [0.3, 0.4) is 0 Å². The number of hydrogen-bond acceptors (Lipinski definition) is 2. The van der Waals surface area contributed by atoms with Crippen LogP contribution in [0.15, 0.2) is 12.1 Å². The molecule has 0 aliphatic carbocycles. The largest absolute Gasteiger partial charge is 0.466 e. The molecule has 0 saturated heterocycles. The Balaban J connectivity index is 3.16. The molecule has 2 nitrogen and oxygen atoms in total. The lowest BCUT2D eigenvalue weighted by molar-refractivity contribution is -0.138. The van der Waals surface area contributed by atoms with Crippen molar-refractivity contribution in [1.29, 1.82) is 0 Å². The van der Waals surface area contributed by atoms with Gasteiger partial charge < -0.3 is 9.47 Å². The van der Waals surface area contributed by atoms with Crippen LogP contribution in [0.25, 0.3) is 0 Å². The van der Waals surface area contributed by atoms with E-state index in [0.29, 0.717) is 0 Å². The molecule has 0 atom stereocenters. The molecule has 1 aromatic rings. The van der Waals surface area contributed by atoms with Gasteiger partial charge in [0, 0.05) is 18.2 Å². The van der Waals surface area contributed by atoms with Crippen LogP contribution >= 0.6 is 34.2 Å². The van der Waals surface area contributed by atoms with Gasteiger partial charge in [-0.05, 0) is 28.7 Å². The quantitative estimate of drug-likeness (QED) is 0.596. The van der Waals surface area contributed by atoms with Crippen molar-refractivity contribution in [3.8, 4) is 5.75 Å². The van der Waals surface area contributed by atoms with Crippen LogP contribution in [0.5, 0.6) is 5.75 Å². The van der Waals surface area contributed by atoms with Crippen molar-refractivity contribution < 1.29 is 22.6 Å². The maximum atomic E-state index is 12.6. The van der Waals surface area contributed by atoms with Gasteiger partial charge in [0.05, 0.1) is 9.13 Å². The third-order valence-electron chi connectivity index (χ3n) is 1.64. The zero-order valence-electron chi connectivity index (χ0n) is 8.07. The lowest BCUT2D eigenvalue weighted by Gasteiger charge is -2.13. The molecule has 0 amide bonds. The second kappa shape index (κ2) is 5.42. The Labute approximate surface area is 109 Å². The average Bonchev–Trinajstić information content (AvgIpc) is 2.17. The van der Waals surface area contributed by atoms with Gasteiger partial charge in [0.2, 0.25) is 0 Å². The molecule has 16 heavy (non-hydrogen) atoms. The summed E-state index contributed by atoms with van der Waals surface area (Å²) < 4.78 is 47.3. The molecule has 0 aliphatic heterocycles. The van der Waals surface area contributed by atoms with Crippen molar-refractivity contribution in [2.24, 2.45) is 0 Å². The summed E-state index contributed by atoms with van der Waals surface area (Å²) in [6.07, 6.45) is -4.45. The van der Waals surface area contributed by atoms with Gasteiger partial charge in [-0.2, -0.15) is 13.2 Å². The van der Waals surface area contributed by atoms with Gasteiger partial charge in [-0.25, -0.2) is 0 Å². The van der Waals surface area contributed by atoms with E-state index in [-0.39, 0.29) is 21.1 Å². The topological polar surface area (TPSA) is 18.5 Å². The Kier molecular flexibility index (Phi) is 4.69. The molecule has 0 bridgehead atoms. The highest BCUT2D eigenvalue weighted by Crippen LogP contribution is 2.39. The Morgan fingerprint density at radius 2 is 2.00 bits per heavy atom. The standard InChI is InChI=1S/C9H7ClF3IO2/c1-15-4-16-7-3-5(10)2-6(8(7)14)9(11,12)13/h2-3H,4H2,1H3. The molecule has 0 N–H and O–H groups in total. The van der Waals surface area contributed by atoms with Gasteiger partial charge >= 0.3 is 6.18 Å². The lowest BCUT2D eigenvalue weighted by atomic mass is 10.2. The van der Waals surface area contributed by atoms with Crippen LogP contribution in [0.2, 0.25) is 5.02 Å². The molecular formula is C9H7ClF3IO2. The van der Waals surface area contributed by atoms with Crippen LogP contribution in [0.1, 0.15) is 5.56 Å². The van der Waals surface area contributed by atoms with E-state index in [1.807, 2.05) is 0 Å². The smallest absolute Gasteiger partial charge is 0.417 e. The first kappa shape index (κ1) is 13.9. The fraction of sp³-hybridized carbons (Fsp3) is 0.333. The van der Waals surface area contributed by atoms with Crippen LogP contribution in [0.4, 0.5) is 13.2 Å². The highest BCUT2D eigenvalue weighted by Gasteiger charge is 2.34. The molecule has 0 radical (unpaired) electrons. The minimum absolute atomic E-state index is 0.0288. The van der Waals surface area contributed by atoms with Crippen molar-refractivity contribution in [2.45, 2.75) is 6.18 Å². The number of benzene rings is 1. The molecular weight excluding hydrogens is 359 g/mol. The predicted molar refractivity (Wildman–Crippen MR) is 61.7 cm³/mol. The van der Waals surface area contributed by atoms with Gasteiger partial charge in [0.1, 0.15) is 5.75 Å². The van der Waals surface area contributed by atoms with E-state index in [4.69, 9.17) is 16.3 Å². The number of methoxy groups -OCH3 is 1. The van der Waals surface area contributed by atoms with E-state index in [1.54, 1.807) is 22.6 Å². The van der Waals surface area contributed by atoms with Crippen LogP contribution < -0.4 is 4.74 Å². The van der Waals surface area contributed by atoms with Crippen LogP contribution in [-0.4, -0.2) is 13.9 Å². The summed E-state index contributed by atoms with van der Waals surface area (Å²) in [5.41, 5.74) is -0.813. The van der Waals surface area contributed by atoms with E-state index in [9.17, 15) is 13.2 Å². The normalized spacial score (nSPS) is 11.6. The summed E-state index contributed by atoms with van der Waals surface area (Å²) in [6, 6.07) is 2.18. The van der Waals surface area contributed by atoms with E-state index >= 15 is 0 Å². The zero-order valence-corrected chi connectivity index (χ0v) is 11.0. The zero-order chi connectivity index (χ0) is 12.3. The molecule has 0 unspecified atom stereocenters. The third-order valence-corrected chi connectivity index (χ3v) is 2.97. The first-order valence-corrected chi connectivity index (χ1v) is 5.50. The van der Waals surface area contributed by atoms with Gasteiger partial charge in [0.25, 0.3) is 0 Å². The fourth-order valence-electron chi connectivity index (χ4n) is 0.998. The van der Waals surface area contributed by atoms with Gasteiger partial charge in [-0.15, -0.1) is 0 Å². The lowest BCUT2D eigenvalue weighted by Crippen LogP contribution is -2.10. The summed E-state index contributed by atoms with van der Waals surface area (Å²) in [4.78, 5) is 0. The second-order valence-electron chi connectivity index (χ2n) is 2.81. The molecule has 1 rings (SSSR count). The number of alkyl halides is 3. The molecule has 0 spiro atoms. The van der Waals surface area contributed by atoms with Crippen molar-refractivity contribution in [2.75, 3.05) is 13.9 Å². The molecule has 90 valence electrons. The predicted octanol–water partition coefficient (Wildman–Crippen LogP) is 3.95. The first-order valence-electron chi connectivity index (χ1n) is 4.04. The number of rotatable bonds is 3. The molecule has 7 heteroatoms. The van der Waals surface area contributed by atoms with Gasteiger partial charge in [-0.1, -0.05) is 11.6 Å². The SMILES string of the molecule is COCOc1cc(Cl)cc(C(F)(F)F)c1I. The summed E-state index contributed by atoms with van der Waals surface area (Å²) in [7, 11) is 1.38. The molecule has 0 saturated carbocycles. The molecule has 0 heterocycles. The second-order valence-corrected chi connectivity index (χ2v) is 4.33. The summed E-state index contributed by atoms with van der Waals surface area (Å²) in [5.74, 6) is 0.0577. The van der Waals surface area contributed by atoms with Crippen molar-refractivity contribution in [3.05, 3.63) is 26.3 Å². The number of hydrogen-bond donors (Lipinski definition) is 0. The van der Waals surface area contributed by atoms with E-state index in [0.717, 1.165) is 6.07 Å². The average molecular weight is 367 g/mol. The number of ether oxygens (including phenoxy) is 2. The fourth-order valence-corrected chi connectivity index (χ4v) is 1.98. The Bertz CT molecular complexity index is 382. The van der Waals surface area contributed by atoms with E-state index < -0.39 is 11.7 Å². The molecule has 0 fully saturated rings. The minimum atomic E-state index is -4.45. The first-order chi connectivity index (χ1) is 7.36. The maximum Gasteiger partial charge on any atom is 0.417 e. The summed E-state index contributed by atoms with van der Waals surface area (Å²) >= 11 is 7.15. The van der Waals surface area contributed by atoms with Gasteiger partial charge in [-0.3, -0.25) is 0 Å². The summed E-state index contributed by atoms with van der Waals surface area (Å²) in [6.45, 7) is -0.131. The third kappa shape index (κ3) is 3.39. The minimum Gasteiger partial charge on any atom is -0.466 e.